The largest absolute Gasteiger partial charge is 0.352 e. The van der Waals surface area contributed by atoms with E-state index in [2.05, 4.69) is 17.2 Å². The van der Waals surface area contributed by atoms with Gasteiger partial charge >= 0.3 is 0 Å². The first kappa shape index (κ1) is 17.7. The molecule has 0 atom stereocenters. The molecule has 0 aliphatic heterocycles. The molecule has 0 unspecified atom stereocenters. The topological polar surface area (TPSA) is 62.3 Å². The number of carbonyl (C=O) groups is 2. The Labute approximate surface area is 142 Å². The highest BCUT2D eigenvalue weighted by atomic mass is 16.2. The number of para-hydroxylation sites is 1. The highest BCUT2D eigenvalue weighted by Gasteiger charge is 2.18. The molecule has 5 heteroatoms. The van der Waals surface area contributed by atoms with E-state index in [0.717, 1.165) is 18.5 Å². The maximum atomic E-state index is 12.7. The second kappa shape index (κ2) is 8.82. The normalized spacial score (nSPS) is 10.2. The molecular formula is C19H23N3O2. The molecule has 5 nitrogen and oxygen atoms in total. The van der Waals surface area contributed by atoms with Crippen LogP contribution >= 0.6 is 0 Å². The Balaban J connectivity index is 2.17. The van der Waals surface area contributed by atoms with Crippen molar-refractivity contribution >= 4 is 17.5 Å². The number of hydrogen-bond acceptors (Lipinski definition) is 3. The van der Waals surface area contributed by atoms with E-state index < -0.39 is 0 Å². The predicted octanol–water partition coefficient (Wildman–Crippen LogP) is 3.28. The molecule has 2 rings (SSSR count). The lowest BCUT2D eigenvalue weighted by Crippen LogP contribution is -2.32. The highest BCUT2D eigenvalue weighted by molar-refractivity contribution is 6.06. The molecular weight excluding hydrogens is 302 g/mol. The molecule has 1 aromatic carbocycles. The van der Waals surface area contributed by atoms with Crippen molar-refractivity contribution in [1.82, 2.24) is 10.3 Å². The molecule has 1 aromatic heterocycles. The number of hydrogen-bond donors (Lipinski definition) is 1. The Morgan fingerprint density at radius 1 is 1.12 bits per heavy atom. The number of rotatable bonds is 7. The average Bonchev–Trinajstić information content (AvgIpc) is 2.63. The number of nitrogens with zero attached hydrogens (tertiary/aromatic N) is 2. The van der Waals surface area contributed by atoms with Gasteiger partial charge in [-0.25, -0.2) is 0 Å². The number of aromatic nitrogens is 1. The van der Waals surface area contributed by atoms with Crippen LogP contribution in [0.1, 0.15) is 47.5 Å². The summed E-state index contributed by atoms with van der Waals surface area (Å²) < 4.78 is 0. The first-order chi connectivity index (χ1) is 11.7. The fraction of sp³-hybridized carbons (Fsp3) is 0.316. The van der Waals surface area contributed by atoms with Gasteiger partial charge in [-0.05, 0) is 37.6 Å². The molecule has 0 spiro atoms. The number of unbranched alkanes of at least 4 members (excludes halogenated alkanes) is 1. The molecule has 0 bridgehead atoms. The van der Waals surface area contributed by atoms with Crippen LogP contribution in [0.25, 0.3) is 0 Å². The van der Waals surface area contributed by atoms with Crippen molar-refractivity contribution in [2.45, 2.75) is 26.7 Å². The van der Waals surface area contributed by atoms with Crippen LogP contribution in [-0.2, 0) is 0 Å². The van der Waals surface area contributed by atoms with Crippen molar-refractivity contribution in [2.75, 3.05) is 18.0 Å². The fourth-order valence-corrected chi connectivity index (χ4v) is 2.36. The molecule has 0 saturated carbocycles. The van der Waals surface area contributed by atoms with Crippen molar-refractivity contribution in [1.29, 1.82) is 0 Å². The average molecular weight is 325 g/mol. The zero-order chi connectivity index (χ0) is 17.4. The zero-order valence-electron chi connectivity index (χ0n) is 14.2. The smallest absolute Gasteiger partial charge is 0.276 e. The van der Waals surface area contributed by atoms with E-state index in [1.54, 1.807) is 17.0 Å². The van der Waals surface area contributed by atoms with Crippen LogP contribution in [0.3, 0.4) is 0 Å². The van der Waals surface area contributed by atoms with Gasteiger partial charge in [-0.1, -0.05) is 31.5 Å². The van der Waals surface area contributed by atoms with Gasteiger partial charge in [0.25, 0.3) is 11.8 Å². The van der Waals surface area contributed by atoms with Crippen molar-refractivity contribution < 1.29 is 9.59 Å². The van der Waals surface area contributed by atoms with E-state index in [1.807, 2.05) is 37.3 Å². The number of nitrogens with one attached hydrogen (secondary N) is 1. The predicted molar refractivity (Wildman–Crippen MR) is 95.3 cm³/mol. The Hall–Kier alpha value is -2.69. The van der Waals surface area contributed by atoms with Crippen LogP contribution < -0.4 is 10.2 Å². The van der Waals surface area contributed by atoms with E-state index in [1.165, 1.54) is 6.20 Å². The number of carbonyl (C=O) groups excluding carboxylic acids is 2. The summed E-state index contributed by atoms with van der Waals surface area (Å²) in [5, 5.41) is 2.85. The van der Waals surface area contributed by atoms with Crippen LogP contribution in [0.15, 0.2) is 48.7 Å². The molecule has 2 aromatic rings. The SMILES string of the molecule is CCCCNC(=O)c1ccnc(C(=O)N(CC)c2ccccc2)c1. The lowest BCUT2D eigenvalue weighted by Gasteiger charge is -2.20. The Kier molecular flexibility index (Phi) is 6.49. The Morgan fingerprint density at radius 2 is 1.88 bits per heavy atom. The van der Waals surface area contributed by atoms with Gasteiger partial charge in [0.1, 0.15) is 5.69 Å². The Bertz CT molecular complexity index is 686. The van der Waals surface area contributed by atoms with Gasteiger partial charge in [0, 0.05) is 30.5 Å². The number of benzene rings is 1. The first-order valence-electron chi connectivity index (χ1n) is 8.28. The summed E-state index contributed by atoms with van der Waals surface area (Å²) in [5.41, 5.74) is 1.53. The van der Waals surface area contributed by atoms with E-state index >= 15 is 0 Å². The summed E-state index contributed by atoms with van der Waals surface area (Å²) >= 11 is 0. The molecule has 0 fully saturated rings. The van der Waals surface area contributed by atoms with E-state index in [0.29, 0.717) is 18.7 Å². The van der Waals surface area contributed by atoms with Gasteiger partial charge in [0.2, 0.25) is 0 Å². The maximum absolute atomic E-state index is 12.7. The van der Waals surface area contributed by atoms with Gasteiger partial charge in [-0.2, -0.15) is 0 Å². The summed E-state index contributed by atoms with van der Waals surface area (Å²) in [6, 6.07) is 12.6. The molecule has 24 heavy (non-hydrogen) atoms. The molecule has 1 heterocycles. The van der Waals surface area contributed by atoms with Crippen LogP contribution in [0.5, 0.6) is 0 Å². The summed E-state index contributed by atoms with van der Waals surface area (Å²) in [6.45, 7) is 5.13. The van der Waals surface area contributed by atoms with Gasteiger partial charge in [-0.15, -0.1) is 0 Å². The second-order valence-electron chi connectivity index (χ2n) is 5.42. The molecule has 2 amide bonds. The van der Waals surface area contributed by atoms with Crippen molar-refractivity contribution in [3.05, 3.63) is 59.9 Å². The quantitative estimate of drug-likeness (QED) is 0.795. The van der Waals surface area contributed by atoms with Gasteiger partial charge in [0.15, 0.2) is 0 Å². The monoisotopic (exact) mass is 325 g/mol. The summed E-state index contributed by atoms with van der Waals surface area (Å²) in [7, 11) is 0. The summed E-state index contributed by atoms with van der Waals surface area (Å²) in [4.78, 5) is 30.7. The Morgan fingerprint density at radius 3 is 2.54 bits per heavy atom. The molecule has 126 valence electrons. The standard InChI is InChI=1S/C19H23N3O2/c1-3-5-12-21-18(23)15-11-13-20-17(14-15)19(24)22(4-2)16-9-7-6-8-10-16/h6-11,13-14H,3-5,12H2,1-2H3,(H,21,23). The van der Waals surface area contributed by atoms with Crippen LogP contribution in [0.4, 0.5) is 5.69 Å². The highest BCUT2D eigenvalue weighted by Crippen LogP contribution is 2.16. The van der Waals surface area contributed by atoms with Crippen molar-refractivity contribution in [2.24, 2.45) is 0 Å². The summed E-state index contributed by atoms with van der Waals surface area (Å²) in [6.07, 6.45) is 3.45. The number of amides is 2. The lowest BCUT2D eigenvalue weighted by atomic mass is 10.2. The van der Waals surface area contributed by atoms with E-state index in [-0.39, 0.29) is 17.5 Å². The minimum atomic E-state index is -0.216. The number of pyridine rings is 1. The minimum Gasteiger partial charge on any atom is -0.352 e. The van der Waals surface area contributed by atoms with Crippen molar-refractivity contribution in [3.8, 4) is 0 Å². The van der Waals surface area contributed by atoms with Gasteiger partial charge < -0.3 is 10.2 Å². The van der Waals surface area contributed by atoms with Gasteiger partial charge in [-0.3, -0.25) is 14.6 Å². The van der Waals surface area contributed by atoms with Crippen LogP contribution in [0.2, 0.25) is 0 Å². The van der Waals surface area contributed by atoms with Crippen LogP contribution in [-0.4, -0.2) is 29.9 Å². The van der Waals surface area contributed by atoms with E-state index in [9.17, 15) is 9.59 Å². The minimum absolute atomic E-state index is 0.178. The summed E-state index contributed by atoms with van der Waals surface area (Å²) in [5.74, 6) is -0.394. The van der Waals surface area contributed by atoms with Crippen LogP contribution in [0, 0.1) is 0 Å². The first-order valence-corrected chi connectivity index (χ1v) is 8.28. The van der Waals surface area contributed by atoms with Crippen molar-refractivity contribution in [3.63, 3.8) is 0 Å². The maximum Gasteiger partial charge on any atom is 0.276 e. The van der Waals surface area contributed by atoms with Gasteiger partial charge in [0.05, 0.1) is 0 Å². The molecule has 0 saturated heterocycles. The number of anilines is 1. The molecule has 1 N–H and O–H groups in total. The third kappa shape index (κ3) is 4.41. The second-order valence-corrected chi connectivity index (χ2v) is 5.42. The third-order valence-electron chi connectivity index (χ3n) is 3.69. The van der Waals surface area contributed by atoms with E-state index in [4.69, 9.17) is 0 Å². The fourth-order valence-electron chi connectivity index (χ4n) is 2.36. The zero-order valence-corrected chi connectivity index (χ0v) is 14.2. The lowest BCUT2D eigenvalue weighted by molar-refractivity contribution is 0.0953. The third-order valence-corrected chi connectivity index (χ3v) is 3.69. The molecule has 0 aliphatic carbocycles. The molecule has 0 aliphatic rings. The molecule has 0 radical (unpaired) electrons.